The molecule has 0 atom stereocenters. The number of nitroso groups, excluding NO2 is 1. The SMILES string of the molecule is COc1ccc(-c2ccccc2)c2c(N=O)c(O)[nH]c12. The van der Waals surface area contributed by atoms with Gasteiger partial charge in [-0.15, -0.1) is 4.91 Å². The standard InChI is InChI=1S/C15H12N2O3/c1-20-11-8-7-10(9-5-3-2-4-6-9)12-13(11)16-15(18)14(12)17-19/h2-8,16,18H,1H3. The molecule has 0 saturated carbocycles. The molecule has 1 aromatic heterocycles. The van der Waals surface area contributed by atoms with Crippen LogP contribution in [0.4, 0.5) is 5.69 Å². The zero-order valence-electron chi connectivity index (χ0n) is 10.8. The van der Waals surface area contributed by atoms with Gasteiger partial charge < -0.3 is 14.8 Å². The molecular formula is C15H12N2O3. The quantitative estimate of drug-likeness (QED) is 0.706. The largest absolute Gasteiger partial charge is 0.495 e. The first kappa shape index (κ1) is 12.2. The van der Waals surface area contributed by atoms with Crippen LogP contribution in [0.2, 0.25) is 0 Å². The fraction of sp³-hybridized carbons (Fsp3) is 0.0667. The number of aromatic amines is 1. The summed E-state index contributed by atoms with van der Waals surface area (Å²) in [5.41, 5.74) is 2.30. The van der Waals surface area contributed by atoms with E-state index in [9.17, 15) is 10.0 Å². The second-order valence-corrected chi connectivity index (χ2v) is 4.34. The van der Waals surface area contributed by atoms with Gasteiger partial charge in [0.05, 0.1) is 12.6 Å². The topological polar surface area (TPSA) is 74.7 Å². The number of benzene rings is 2. The predicted octanol–water partition coefficient (Wildman–Crippen LogP) is 3.95. The van der Waals surface area contributed by atoms with Gasteiger partial charge in [0.2, 0.25) is 5.88 Å². The fourth-order valence-electron chi connectivity index (χ4n) is 2.37. The van der Waals surface area contributed by atoms with Crippen LogP contribution >= 0.6 is 0 Å². The minimum Gasteiger partial charge on any atom is -0.495 e. The first-order valence-electron chi connectivity index (χ1n) is 6.06. The maximum atomic E-state index is 11.0. The van der Waals surface area contributed by atoms with E-state index in [1.165, 1.54) is 7.11 Å². The van der Waals surface area contributed by atoms with Gasteiger partial charge >= 0.3 is 0 Å². The summed E-state index contributed by atoms with van der Waals surface area (Å²) in [5, 5.41) is 13.3. The lowest BCUT2D eigenvalue weighted by Gasteiger charge is -2.07. The minimum absolute atomic E-state index is 0.00208. The molecule has 3 rings (SSSR count). The summed E-state index contributed by atoms with van der Waals surface area (Å²) >= 11 is 0. The van der Waals surface area contributed by atoms with Crippen molar-refractivity contribution in [2.45, 2.75) is 0 Å². The summed E-state index contributed by atoms with van der Waals surface area (Å²) in [4.78, 5) is 13.8. The molecule has 0 amide bonds. The van der Waals surface area contributed by atoms with Gasteiger partial charge in [0.25, 0.3) is 0 Å². The number of methoxy groups -OCH3 is 1. The average molecular weight is 268 g/mol. The molecule has 3 aromatic rings. The van der Waals surface area contributed by atoms with Gasteiger partial charge in [0, 0.05) is 5.39 Å². The van der Waals surface area contributed by atoms with Crippen molar-refractivity contribution in [3.63, 3.8) is 0 Å². The normalized spacial score (nSPS) is 10.7. The van der Waals surface area contributed by atoms with Crippen LogP contribution in [0.1, 0.15) is 0 Å². The van der Waals surface area contributed by atoms with Crippen LogP contribution in [0.3, 0.4) is 0 Å². The Kier molecular flexibility index (Phi) is 2.87. The van der Waals surface area contributed by atoms with Crippen molar-refractivity contribution in [1.29, 1.82) is 0 Å². The molecule has 100 valence electrons. The van der Waals surface area contributed by atoms with Crippen LogP contribution in [-0.4, -0.2) is 17.2 Å². The third kappa shape index (κ3) is 1.72. The Morgan fingerprint density at radius 3 is 2.55 bits per heavy atom. The molecule has 2 N–H and O–H groups in total. The Labute approximate surface area is 114 Å². The van der Waals surface area contributed by atoms with E-state index in [0.717, 1.165) is 11.1 Å². The zero-order valence-corrected chi connectivity index (χ0v) is 10.8. The van der Waals surface area contributed by atoms with E-state index in [-0.39, 0.29) is 11.6 Å². The molecule has 20 heavy (non-hydrogen) atoms. The van der Waals surface area contributed by atoms with E-state index < -0.39 is 0 Å². The molecule has 0 aliphatic heterocycles. The summed E-state index contributed by atoms with van der Waals surface area (Å²) in [6.45, 7) is 0. The van der Waals surface area contributed by atoms with Crippen molar-refractivity contribution in [2.75, 3.05) is 7.11 Å². The first-order valence-corrected chi connectivity index (χ1v) is 6.06. The summed E-state index contributed by atoms with van der Waals surface area (Å²) in [6.07, 6.45) is 0. The number of hydrogen-bond acceptors (Lipinski definition) is 4. The van der Waals surface area contributed by atoms with Gasteiger partial charge in [-0.1, -0.05) is 30.3 Å². The number of hydrogen-bond donors (Lipinski definition) is 2. The van der Waals surface area contributed by atoms with Crippen molar-refractivity contribution in [3.8, 4) is 22.8 Å². The molecule has 0 unspecified atom stereocenters. The highest BCUT2D eigenvalue weighted by Gasteiger charge is 2.19. The number of aromatic nitrogens is 1. The monoisotopic (exact) mass is 268 g/mol. The van der Waals surface area contributed by atoms with E-state index in [0.29, 0.717) is 16.7 Å². The van der Waals surface area contributed by atoms with Crippen molar-refractivity contribution >= 4 is 16.6 Å². The molecule has 0 aliphatic carbocycles. The summed E-state index contributed by atoms with van der Waals surface area (Å²) in [5.74, 6) is 0.293. The van der Waals surface area contributed by atoms with E-state index in [1.54, 1.807) is 6.07 Å². The van der Waals surface area contributed by atoms with E-state index in [1.807, 2.05) is 36.4 Å². The van der Waals surface area contributed by atoms with Gasteiger partial charge in [-0.2, -0.15) is 0 Å². The molecule has 0 radical (unpaired) electrons. The predicted molar refractivity (Wildman–Crippen MR) is 77.4 cm³/mol. The average Bonchev–Trinajstić information content (AvgIpc) is 2.83. The number of rotatable bonds is 3. The highest BCUT2D eigenvalue weighted by molar-refractivity contribution is 6.07. The number of nitrogens with one attached hydrogen (secondary N) is 1. The van der Waals surface area contributed by atoms with Gasteiger partial charge in [0.1, 0.15) is 5.75 Å². The van der Waals surface area contributed by atoms with Crippen LogP contribution in [0.15, 0.2) is 47.6 Å². The van der Waals surface area contributed by atoms with Crippen LogP contribution in [0, 0.1) is 4.91 Å². The lowest BCUT2D eigenvalue weighted by molar-refractivity contribution is 0.417. The maximum absolute atomic E-state index is 11.0. The second kappa shape index (κ2) is 4.70. The Hall–Kier alpha value is -2.82. The summed E-state index contributed by atoms with van der Waals surface area (Å²) in [6, 6.07) is 13.2. The van der Waals surface area contributed by atoms with Gasteiger partial charge in [-0.3, -0.25) is 0 Å². The third-order valence-corrected chi connectivity index (χ3v) is 3.27. The number of fused-ring (bicyclic) bond motifs is 1. The zero-order chi connectivity index (χ0) is 14.1. The lowest BCUT2D eigenvalue weighted by atomic mass is 10.0. The maximum Gasteiger partial charge on any atom is 0.219 e. The smallest absolute Gasteiger partial charge is 0.219 e. The van der Waals surface area contributed by atoms with Gasteiger partial charge in [0.15, 0.2) is 5.69 Å². The van der Waals surface area contributed by atoms with Crippen molar-refractivity contribution < 1.29 is 9.84 Å². The molecule has 0 aliphatic rings. The first-order chi connectivity index (χ1) is 9.76. The highest BCUT2D eigenvalue weighted by Crippen LogP contribution is 2.44. The summed E-state index contributed by atoms with van der Waals surface area (Å²) < 4.78 is 5.25. The summed E-state index contributed by atoms with van der Waals surface area (Å²) in [7, 11) is 1.53. The number of nitrogens with zero attached hydrogens (tertiary/aromatic N) is 1. The number of ether oxygens (including phenoxy) is 1. The van der Waals surface area contributed by atoms with Gasteiger partial charge in [-0.05, 0) is 28.4 Å². The Balaban J connectivity index is 2.42. The second-order valence-electron chi connectivity index (χ2n) is 4.34. The number of aromatic hydroxyl groups is 1. The molecule has 0 spiro atoms. The minimum atomic E-state index is -0.253. The Morgan fingerprint density at radius 1 is 1.15 bits per heavy atom. The van der Waals surface area contributed by atoms with Crippen LogP contribution in [0.25, 0.3) is 22.0 Å². The van der Waals surface area contributed by atoms with Crippen LogP contribution < -0.4 is 4.74 Å². The molecule has 0 bridgehead atoms. The molecule has 2 aromatic carbocycles. The third-order valence-electron chi connectivity index (χ3n) is 3.27. The molecule has 0 fully saturated rings. The Morgan fingerprint density at radius 2 is 1.90 bits per heavy atom. The van der Waals surface area contributed by atoms with E-state index >= 15 is 0 Å². The molecule has 1 heterocycles. The van der Waals surface area contributed by atoms with Crippen molar-refractivity contribution in [3.05, 3.63) is 47.4 Å². The van der Waals surface area contributed by atoms with Crippen LogP contribution in [-0.2, 0) is 0 Å². The van der Waals surface area contributed by atoms with Crippen molar-refractivity contribution in [1.82, 2.24) is 4.98 Å². The molecule has 5 heteroatoms. The van der Waals surface area contributed by atoms with Crippen LogP contribution in [0.5, 0.6) is 11.6 Å². The highest BCUT2D eigenvalue weighted by atomic mass is 16.5. The van der Waals surface area contributed by atoms with Gasteiger partial charge in [-0.25, -0.2) is 0 Å². The van der Waals surface area contributed by atoms with Crippen molar-refractivity contribution in [2.24, 2.45) is 5.18 Å². The van der Waals surface area contributed by atoms with E-state index in [2.05, 4.69) is 10.2 Å². The Bertz CT molecular complexity index is 779. The fourth-order valence-corrected chi connectivity index (χ4v) is 2.37. The lowest BCUT2D eigenvalue weighted by Crippen LogP contribution is -1.86. The molecule has 5 nitrogen and oxygen atoms in total. The van der Waals surface area contributed by atoms with E-state index in [4.69, 9.17) is 4.74 Å². The molecule has 0 saturated heterocycles. The molecular weight excluding hydrogens is 256 g/mol. The number of H-pyrrole nitrogens is 1.